The van der Waals surface area contributed by atoms with E-state index in [9.17, 15) is 9.59 Å². The molecule has 1 atom stereocenters. The fourth-order valence-corrected chi connectivity index (χ4v) is 5.06. The lowest BCUT2D eigenvalue weighted by Crippen LogP contribution is -2.44. The van der Waals surface area contributed by atoms with Crippen molar-refractivity contribution in [2.75, 3.05) is 11.5 Å². The number of amides is 1. The van der Waals surface area contributed by atoms with Gasteiger partial charge in [-0.1, -0.05) is 61.3 Å². The molecule has 0 bridgehead atoms. The van der Waals surface area contributed by atoms with E-state index >= 15 is 0 Å². The maximum absolute atomic E-state index is 13.5. The first-order valence-electron chi connectivity index (χ1n) is 10.5. The normalized spacial score (nSPS) is 20.7. The molecule has 0 radical (unpaired) electrons. The van der Waals surface area contributed by atoms with Crippen molar-refractivity contribution in [1.29, 1.82) is 0 Å². The number of hydrogen-bond acceptors (Lipinski definition) is 3. The molecule has 1 heterocycles. The highest BCUT2D eigenvalue weighted by Gasteiger charge is 2.45. The summed E-state index contributed by atoms with van der Waals surface area (Å²) in [6.45, 7) is 6.53. The van der Waals surface area contributed by atoms with Crippen molar-refractivity contribution in [3.8, 4) is 5.75 Å². The topological polar surface area (TPSA) is 46.6 Å². The monoisotopic (exact) mass is 457 g/mol. The van der Waals surface area contributed by atoms with Crippen LogP contribution in [0.4, 0.5) is 5.69 Å². The highest BCUT2D eigenvalue weighted by atomic mass is 35.5. The summed E-state index contributed by atoms with van der Waals surface area (Å²) in [7, 11) is 0. The number of carbonyl (C=O) groups is 2. The number of para-hydroxylation sites is 1. The van der Waals surface area contributed by atoms with Gasteiger partial charge in [-0.2, -0.15) is 0 Å². The van der Waals surface area contributed by atoms with Gasteiger partial charge in [-0.25, -0.2) is 0 Å². The number of ketones is 1. The van der Waals surface area contributed by atoms with E-state index in [4.69, 9.17) is 27.9 Å². The third-order valence-corrected chi connectivity index (χ3v) is 6.72. The van der Waals surface area contributed by atoms with Crippen LogP contribution in [-0.2, 0) is 9.59 Å². The van der Waals surface area contributed by atoms with Gasteiger partial charge in [0.25, 0.3) is 0 Å². The number of allylic oxidation sites excluding steroid dienone is 2. The molecular formula is C25H25Cl2NO3. The summed E-state index contributed by atoms with van der Waals surface area (Å²) < 4.78 is 5.83. The molecule has 0 N–H and O–H groups in total. The summed E-state index contributed by atoms with van der Waals surface area (Å²) in [5.74, 6) is 0.326. The number of benzene rings is 2. The summed E-state index contributed by atoms with van der Waals surface area (Å²) >= 11 is 12.7. The van der Waals surface area contributed by atoms with E-state index in [0.29, 0.717) is 46.5 Å². The molecule has 0 spiro atoms. The van der Waals surface area contributed by atoms with Gasteiger partial charge in [0.15, 0.2) is 5.78 Å². The van der Waals surface area contributed by atoms with Gasteiger partial charge < -0.3 is 4.74 Å². The number of ether oxygens (including phenoxy) is 1. The lowest BCUT2D eigenvalue weighted by Gasteiger charge is -2.43. The van der Waals surface area contributed by atoms with Gasteiger partial charge >= 0.3 is 0 Å². The van der Waals surface area contributed by atoms with Crippen molar-refractivity contribution in [3.63, 3.8) is 0 Å². The first kappa shape index (κ1) is 21.9. The number of anilines is 1. The summed E-state index contributed by atoms with van der Waals surface area (Å²) in [4.78, 5) is 28.6. The van der Waals surface area contributed by atoms with Crippen LogP contribution in [-0.4, -0.2) is 18.3 Å². The lowest BCUT2D eigenvalue weighted by atomic mass is 9.69. The van der Waals surface area contributed by atoms with E-state index in [-0.39, 0.29) is 29.4 Å². The van der Waals surface area contributed by atoms with Gasteiger partial charge in [0.1, 0.15) is 5.75 Å². The zero-order valence-electron chi connectivity index (χ0n) is 17.9. The Morgan fingerprint density at radius 2 is 1.81 bits per heavy atom. The molecule has 4 nitrogen and oxygen atoms in total. The largest absolute Gasteiger partial charge is 0.494 e. The summed E-state index contributed by atoms with van der Waals surface area (Å²) in [6, 6.07) is 12.9. The average molecular weight is 458 g/mol. The quantitative estimate of drug-likeness (QED) is 0.522. The zero-order chi connectivity index (χ0) is 22.3. The summed E-state index contributed by atoms with van der Waals surface area (Å²) in [6.07, 6.45) is 1.19. The van der Waals surface area contributed by atoms with E-state index in [1.807, 2.05) is 31.2 Å². The number of carbonyl (C=O) groups excluding carboxylic acids is 2. The number of nitrogens with zero attached hydrogens (tertiary/aromatic N) is 1. The molecule has 2 aromatic rings. The molecule has 1 amide bonds. The Morgan fingerprint density at radius 1 is 1.06 bits per heavy atom. The van der Waals surface area contributed by atoms with Gasteiger partial charge in [0, 0.05) is 35.6 Å². The van der Waals surface area contributed by atoms with E-state index in [1.165, 1.54) is 0 Å². The Bertz CT molecular complexity index is 1090. The third-order valence-electron chi connectivity index (χ3n) is 5.91. The van der Waals surface area contributed by atoms with Crippen LogP contribution >= 0.6 is 23.2 Å². The van der Waals surface area contributed by atoms with Crippen LogP contribution in [0, 0.1) is 5.41 Å². The van der Waals surface area contributed by atoms with Crippen LogP contribution in [0.25, 0.3) is 0 Å². The molecule has 4 rings (SSSR count). The van der Waals surface area contributed by atoms with E-state index in [0.717, 1.165) is 11.3 Å². The second-order valence-corrected chi connectivity index (χ2v) is 9.62. The number of hydrogen-bond donors (Lipinski definition) is 0. The molecule has 0 saturated carbocycles. The second kappa shape index (κ2) is 8.33. The van der Waals surface area contributed by atoms with E-state index in [2.05, 4.69) is 13.8 Å². The van der Waals surface area contributed by atoms with Crippen molar-refractivity contribution < 1.29 is 14.3 Å². The van der Waals surface area contributed by atoms with Crippen molar-refractivity contribution in [1.82, 2.24) is 0 Å². The molecule has 2 aliphatic rings. The first-order chi connectivity index (χ1) is 14.7. The standard InChI is InChI=1S/C25H25Cl2NO3/c1-4-31-21-11-6-5-8-15(21)16-12-22(30)28(18-10-7-9-17(26)24(18)27)19-13-25(2,3)14-20(29)23(16)19/h5-11,16H,4,12-14H2,1-3H3. The number of rotatable bonds is 4. The first-order valence-corrected chi connectivity index (χ1v) is 11.2. The highest BCUT2D eigenvalue weighted by Crippen LogP contribution is 2.50. The van der Waals surface area contributed by atoms with Crippen LogP contribution in [0.15, 0.2) is 53.7 Å². The van der Waals surface area contributed by atoms with Gasteiger partial charge in [-0.05, 0) is 37.0 Å². The molecule has 1 aliphatic carbocycles. The van der Waals surface area contributed by atoms with Crippen molar-refractivity contribution >= 4 is 40.6 Å². The highest BCUT2D eigenvalue weighted by molar-refractivity contribution is 6.44. The van der Waals surface area contributed by atoms with E-state index in [1.54, 1.807) is 23.1 Å². The van der Waals surface area contributed by atoms with Crippen LogP contribution in [0.3, 0.4) is 0 Å². The van der Waals surface area contributed by atoms with Gasteiger partial charge in [0.05, 0.1) is 22.3 Å². The molecule has 1 aliphatic heterocycles. The van der Waals surface area contributed by atoms with Crippen LogP contribution in [0.1, 0.15) is 51.5 Å². The van der Waals surface area contributed by atoms with Crippen molar-refractivity contribution in [2.24, 2.45) is 5.41 Å². The summed E-state index contributed by atoms with van der Waals surface area (Å²) in [5.41, 5.74) is 2.53. The van der Waals surface area contributed by atoms with Crippen molar-refractivity contribution in [3.05, 3.63) is 69.3 Å². The smallest absolute Gasteiger partial charge is 0.232 e. The number of halogens is 2. The second-order valence-electron chi connectivity index (χ2n) is 8.83. The fraction of sp³-hybridized carbons (Fsp3) is 0.360. The van der Waals surface area contributed by atoms with Crippen molar-refractivity contribution in [2.45, 2.75) is 46.0 Å². The predicted octanol–water partition coefficient (Wildman–Crippen LogP) is 6.56. The third kappa shape index (κ3) is 3.99. The molecule has 0 saturated heterocycles. The lowest BCUT2D eigenvalue weighted by molar-refractivity contribution is -0.121. The van der Waals surface area contributed by atoms with Gasteiger partial charge in [-0.15, -0.1) is 0 Å². The molecule has 6 heteroatoms. The zero-order valence-corrected chi connectivity index (χ0v) is 19.4. The molecule has 162 valence electrons. The number of Topliss-reactive ketones (excluding diaryl/α,β-unsaturated/α-hetero) is 1. The minimum absolute atomic E-state index is 0.0678. The molecule has 31 heavy (non-hydrogen) atoms. The molecule has 2 aromatic carbocycles. The fourth-order valence-electron chi connectivity index (χ4n) is 4.68. The molecular weight excluding hydrogens is 433 g/mol. The maximum atomic E-state index is 13.5. The van der Waals surface area contributed by atoms with Gasteiger partial charge in [-0.3, -0.25) is 14.5 Å². The average Bonchev–Trinajstić information content (AvgIpc) is 2.70. The Morgan fingerprint density at radius 3 is 2.55 bits per heavy atom. The molecule has 0 aromatic heterocycles. The Balaban J connectivity index is 1.94. The predicted molar refractivity (Wildman–Crippen MR) is 124 cm³/mol. The minimum Gasteiger partial charge on any atom is -0.494 e. The van der Waals surface area contributed by atoms with Crippen LogP contribution < -0.4 is 9.64 Å². The maximum Gasteiger partial charge on any atom is 0.232 e. The Kier molecular flexibility index (Phi) is 5.89. The SMILES string of the molecule is CCOc1ccccc1C1CC(=O)N(c2cccc(Cl)c2Cl)C2=C1C(=O)CC(C)(C)C2. The molecule has 1 unspecified atom stereocenters. The van der Waals surface area contributed by atoms with E-state index < -0.39 is 0 Å². The van der Waals surface area contributed by atoms with Crippen LogP contribution in [0.5, 0.6) is 5.75 Å². The minimum atomic E-state index is -0.344. The molecule has 0 fully saturated rings. The van der Waals surface area contributed by atoms with Crippen LogP contribution in [0.2, 0.25) is 10.0 Å². The Hall–Kier alpha value is -2.30. The summed E-state index contributed by atoms with van der Waals surface area (Å²) in [5, 5.41) is 0.688. The Labute approximate surface area is 192 Å². The van der Waals surface area contributed by atoms with Gasteiger partial charge in [0.2, 0.25) is 5.91 Å².